The van der Waals surface area contributed by atoms with Crippen LogP contribution in [0.4, 0.5) is 5.69 Å². The van der Waals surface area contributed by atoms with Crippen molar-refractivity contribution >= 4 is 34.9 Å². The van der Waals surface area contributed by atoms with Gasteiger partial charge in [-0.15, -0.1) is 0 Å². The van der Waals surface area contributed by atoms with Gasteiger partial charge in [0.15, 0.2) is 0 Å². The molecule has 1 aliphatic heterocycles. The first-order valence-electron chi connectivity index (χ1n) is 5.95. The van der Waals surface area contributed by atoms with E-state index in [0.29, 0.717) is 10.7 Å². The van der Waals surface area contributed by atoms with Crippen LogP contribution in [0.1, 0.15) is 24.2 Å². The van der Waals surface area contributed by atoms with Gasteiger partial charge in [0.05, 0.1) is 21.7 Å². The quantitative estimate of drug-likeness (QED) is 0.375. The summed E-state index contributed by atoms with van der Waals surface area (Å²) in [5, 5.41) is 0.297. The molecule has 0 saturated heterocycles. The van der Waals surface area contributed by atoms with Gasteiger partial charge in [-0.1, -0.05) is 17.7 Å². The fraction of sp³-hybridized carbons (Fsp3) is 0.308. The largest absolute Gasteiger partial charge is 0.302 e. The average molecular weight is 296 g/mol. The van der Waals surface area contributed by atoms with Crippen LogP contribution < -0.4 is 16.2 Å². The summed E-state index contributed by atoms with van der Waals surface area (Å²) in [4.78, 5) is 36.9. The number of nitrogens with zero attached hydrogens (tertiary/aromatic N) is 1. The van der Waals surface area contributed by atoms with Gasteiger partial charge in [-0.05, 0) is 26.0 Å². The summed E-state index contributed by atoms with van der Waals surface area (Å²) < 4.78 is 0. The van der Waals surface area contributed by atoms with Crippen molar-refractivity contribution in [3.05, 3.63) is 28.8 Å². The molecule has 106 valence electrons. The highest BCUT2D eigenvalue weighted by Gasteiger charge is 2.41. The Labute approximate surface area is 120 Å². The van der Waals surface area contributed by atoms with E-state index in [1.54, 1.807) is 26.0 Å². The van der Waals surface area contributed by atoms with Gasteiger partial charge in [0, 0.05) is 6.54 Å². The molecule has 0 aliphatic carbocycles. The van der Waals surface area contributed by atoms with Crippen molar-refractivity contribution < 1.29 is 14.4 Å². The Balaban J connectivity index is 2.43. The molecule has 0 fully saturated rings. The maximum Gasteiger partial charge on any atom is 0.299 e. The van der Waals surface area contributed by atoms with Gasteiger partial charge >= 0.3 is 0 Å². The van der Waals surface area contributed by atoms with Gasteiger partial charge in [0.1, 0.15) is 0 Å². The molecule has 0 bridgehead atoms. The SMILES string of the molecule is CC(C)(CN1C(=O)C(=O)c2cccc(Cl)c21)C(=O)NN. The van der Waals surface area contributed by atoms with Crippen molar-refractivity contribution in [3.8, 4) is 0 Å². The number of carbonyl (C=O) groups excluding carboxylic acids is 3. The number of fused-ring (bicyclic) bond motifs is 1. The van der Waals surface area contributed by atoms with Crippen LogP contribution in [0.15, 0.2) is 18.2 Å². The number of hydrogen-bond acceptors (Lipinski definition) is 4. The molecule has 20 heavy (non-hydrogen) atoms. The highest BCUT2D eigenvalue weighted by atomic mass is 35.5. The molecular formula is C13H14ClN3O3. The molecule has 0 spiro atoms. The van der Waals surface area contributed by atoms with E-state index in [0.717, 1.165) is 0 Å². The van der Waals surface area contributed by atoms with Crippen LogP contribution in [-0.4, -0.2) is 24.1 Å². The van der Waals surface area contributed by atoms with Crippen LogP contribution in [0.25, 0.3) is 0 Å². The molecule has 0 unspecified atom stereocenters. The Hall–Kier alpha value is -1.92. The minimum atomic E-state index is -0.953. The van der Waals surface area contributed by atoms with Crippen molar-refractivity contribution in [3.63, 3.8) is 0 Å². The lowest BCUT2D eigenvalue weighted by Crippen LogP contribution is -2.48. The molecule has 1 aromatic rings. The number of anilines is 1. The number of ketones is 1. The normalized spacial score (nSPS) is 14.5. The lowest BCUT2D eigenvalue weighted by molar-refractivity contribution is -0.129. The molecule has 6 nitrogen and oxygen atoms in total. The van der Waals surface area contributed by atoms with Crippen LogP contribution in [0.5, 0.6) is 0 Å². The second kappa shape index (κ2) is 4.88. The van der Waals surface area contributed by atoms with Crippen molar-refractivity contribution in [1.82, 2.24) is 5.43 Å². The van der Waals surface area contributed by atoms with Gasteiger partial charge in [0.25, 0.3) is 11.7 Å². The number of nitrogens with two attached hydrogens (primary N) is 1. The van der Waals surface area contributed by atoms with E-state index in [2.05, 4.69) is 0 Å². The molecule has 3 N–H and O–H groups in total. The Kier molecular flexibility index (Phi) is 3.54. The highest BCUT2D eigenvalue weighted by molar-refractivity contribution is 6.54. The molecule has 2 amide bonds. The first kappa shape index (κ1) is 14.5. The van der Waals surface area contributed by atoms with Gasteiger partial charge in [-0.2, -0.15) is 0 Å². The molecular weight excluding hydrogens is 282 g/mol. The molecule has 0 radical (unpaired) electrons. The van der Waals surface area contributed by atoms with Crippen molar-refractivity contribution in [2.24, 2.45) is 11.3 Å². The van der Waals surface area contributed by atoms with E-state index in [-0.39, 0.29) is 12.1 Å². The number of rotatable bonds is 3. The lowest BCUT2D eigenvalue weighted by Gasteiger charge is -2.28. The summed E-state index contributed by atoms with van der Waals surface area (Å²) in [7, 11) is 0. The number of para-hydroxylation sites is 1. The minimum absolute atomic E-state index is 0.0112. The van der Waals surface area contributed by atoms with Crippen molar-refractivity contribution in [1.29, 1.82) is 0 Å². The van der Waals surface area contributed by atoms with E-state index in [9.17, 15) is 14.4 Å². The number of nitrogens with one attached hydrogen (secondary N) is 1. The third kappa shape index (κ3) is 2.17. The second-order valence-corrected chi connectivity index (χ2v) is 5.62. The monoisotopic (exact) mass is 295 g/mol. The number of hydrazine groups is 1. The summed E-state index contributed by atoms with van der Waals surface area (Å²) >= 11 is 6.07. The first-order valence-corrected chi connectivity index (χ1v) is 6.33. The fourth-order valence-corrected chi connectivity index (χ4v) is 2.40. The Morgan fingerprint density at radius 2 is 2.05 bits per heavy atom. The first-order chi connectivity index (χ1) is 9.29. The van der Waals surface area contributed by atoms with E-state index in [1.807, 2.05) is 5.43 Å². The number of amides is 2. The predicted molar refractivity (Wildman–Crippen MR) is 74.2 cm³/mol. The molecule has 0 atom stereocenters. The van der Waals surface area contributed by atoms with Gasteiger partial charge in [-0.3, -0.25) is 19.8 Å². The zero-order valence-corrected chi connectivity index (χ0v) is 11.8. The topological polar surface area (TPSA) is 92.5 Å². The third-order valence-corrected chi connectivity index (χ3v) is 3.54. The summed E-state index contributed by atoms with van der Waals surface area (Å²) in [5.41, 5.74) is 1.70. The smallest absolute Gasteiger partial charge is 0.299 e. The molecule has 0 saturated carbocycles. The number of hydrogen-bond donors (Lipinski definition) is 2. The van der Waals surface area contributed by atoms with Crippen LogP contribution in [0.2, 0.25) is 5.02 Å². The van der Waals surface area contributed by atoms with Gasteiger partial charge < -0.3 is 4.90 Å². The molecule has 7 heteroatoms. The number of benzene rings is 1. The summed E-state index contributed by atoms with van der Waals surface area (Å²) in [5.74, 6) is 3.38. The Morgan fingerprint density at radius 1 is 1.40 bits per heavy atom. The highest BCUT2D eigenvalue weighted by Crippen LogP contribution is 2.37. The summed E-state index contributed by atoms with van der Waals surface area (Å²) in [6.07, 6.45) is 0. The number of carbonyl (C=O) groups is 3. The average Bonchev–Trinajstić information content (AvgIpc) is 2.64. The van der Waals surface area contributed by atoms with Crippen LogP contribution >= 0.6 is 11.6 Å². The number of halogens is 1. The Morgan fingerprint density at radius 3 is 2.65 bits per heavy atom. The maximum atomic E-state index is 12.1. The predicted octanol–water partition coefficient (Wildman–Crippen LogP) is 0.885. The summed E-state index contributed by atoms with van der Waals surface area (Å²) in [6.45, 7) is 3.26. The zero-order chi connectivity index (χ0) is 15.1. The molecule has 0 aromatic heterocycles. The fourth-order valence-electron chi connectivity index (χ4n) is 2.13. The standard InChI is InChI=1S/C13H14ClN3O3/c1-13(2,12(20)16-15)6-17-9-7(10(18)11(17)19)4-3-5-8(9)14/h3-5H,6,15H2,1-2H3,(H,16,20). The molecule has 2 rings (SSSR count). The molecule has 1 heterocycles. The zero-order valence-electron chi connectivity index (χ0n) is 11.1. The summed E-state index contributed by atoms with van der Waals surface area (Å²) in [6, 6.07) is 4.74. The molecule has 1 aliphatic rings. The van der Waals surface area contributed by atoms with Gasteiger partial charge in [-0.25, -0.2) is 5.84 Å². The lowest BCUT2D eigenvalue weighted by atomic mass is 9.91. The maximum absolute atomic E-state index is 12.1. The van der Waals surface area contributed by atoms with Crippen LogP contribution in [0, 0.1) is 5.41 Å². The van der Waals surface area contributed by atoms with E-state index >= 15 is 0 Å². The minimum Gasteiger partial charge on any atom is -0.302 e. The van der Waals surface area contributed by atoms with E-state index in [1.165, 1.54) is 11.0 Å². The van der Waals surface area contributed by atoms with Crippen molar-refractivity contribution in [2.75, 3.05) is 11.4 Å². The molecule has 1 aromatic carbocycles. The van der Waals surface area contributed by atoms with Crippen LogP contribution in [-0.2, 0) is 9.59 Å². The third-order valence-electron chi connectivity index (χ3n) is 3.24. The van der Waals surface area contributed by atoms with Gasteiger partial charge in [0.2, 0.25) is 5.91 Å². The van der Waals surface area contributed by atoms with E-state index in [4.69, 9.17) is 17.4 Å². The van der Waals surface area contributed by atoms with Crippen molar-refractivity contribution in [2.45, 2.75) is 13.8 Å². The number of Topliss-reactive ketones (excluding diaryl/α,β-unsaturated/α-hetero) is 1. The second-order valence-electron chi connectivity index (χ2n) is 5.21. The van der Waals surface area contributed by atoms with E-state index < -0.39 is 23.0 Å². The van der Waals surface area contributed by atoms with Crippen LogP contribution in [0.3, 0.4) is 0 Å². The Bertz CT molecular complexity index is 613.